The van der Waals surface area contributed by atoms with E-state index in [0.717, 1.165) is 17.8 Å². The Morgan fingerprint density at radius 3 is 2.92 bits per heavy atom. The van der Waals surface area contributed by atoms with E-state index in [9.17, 15) is 4.79 Å². The number of ether oxygens (including phenoxy) is 1. The zero-order valence-corrected chi connectivity index (χ0v) is 14.6. The van der Waals surface area contributed by atoms with Gasteiger partial charge in [-0.2, -0.15) is 4.98 Å². The van der Waals surface area contributed by atoms with Crippen molar-refractivity contribution < 1.29 is 9.53 Å². The monoisotopic (exact) mass is 331 g/mol. The van der Waals surface area contributed by atoms with Crippen LogP contribution in [-0.2, 0) is 4.74 Å². The van der Waals surface area contributed by atoms with Crippen molar-refractivity contribution in [3.8, 4) is 0 Å². The van der Waals surface area contributed by atoms with Gasteiger partial charge in [0.1, 0.15) is 0 Å². The first-order valence-electron chi connectivity index (χ1n) is 8.65. The van der Waals surface area contributed by atoms with Gasteiger partial charge in [-0.25, -0.2) is 9.50 Å². The van der Waals surface area contributed by atoms with E-state index in [1.165, 1.54) is 19.3 Å². The van der Waals surface area contributed by atoms with Crippen molar-refractivity contribution in [3.05, 3.63) is 23.3 Å². The van der Waals surface area contributed by atoms with Crippen LogP contribution in [0, 0.1) is 19.8 Å². The number of carbonyl (C=O) groups is 1. The van der Waals surface area contributed by atoms with Crippen LogP contribution in [0.5, 0.6) is 0 Å². The lowest BCUT2D eigenvalue weighted by Crippen LogP contribution is -2.32. The first-order valence-corrected chi connectivity index (χ1v) is 8.65. The van der Waals surface area contributed by atoms with Gasteiger partial charge in [0, 0.05) is 17.9 Å². The van der Waals surface area contributed by atoms with E-state index in [2.05, 4.69) is 27.3 Å². The van der Waals surface area contributed by atoms with Crippen LogP contribution < -0.4 is 5.32 Å². The van der Waals surface area contributed by atoms with E-state index in [1.807, 2.05) is 19.9 Å². The molecule has 1 aliphatic rings. The molecule has 1 aliphatic carbocycles. The first kappa shape index (κ1) is 16.8. The second-order valence-electron chi connectivity index (χ2n) is 6.61. The highest BCUT2D eigenvalue weighted by atomic mass is 16.5. The predicted molar refractivity (Wildman–Crippen MR) is 90.0 cm³/mol. The quantitative estimate of drug-likeness (QED) is 0.848. The third-order valence-corrected chi connectivity index (χ3v) is 4.57. The number of carbonyl (C=O) groups excluding carboxylic acids is 1. The molecule has 2 atom stereocenters. The van der Waals surface area contributed by atoms with Crippen molar-refractivity contribution in [1.82, 2.24) is 24.9 Å². The minimum Gasteiger partial charge on any atom is -0.376 e. The van der Waals surface area contributed by atoms with Gasteiger partial charge in [0.05, 0.1) is 12.7 Å². The molecule has 1 amide bonds. The van der Waals surface area contributed by atoms with Crippen molar-refractivity contribution in [2.75, 3.05) is 13.2 Å². The average Bonchev–Trinajstić information content (AvgIpc) is 2.97. The first-order chi connectivity index (χ1) is 11.5. The number of nitrogens with zero attached hydrogens (tertiary/aromatic N) is 4. The molecule has 3 rings (SSSR count). The van der Waals surface area contributed by atoms with Gasteiger partial charge >= 0.3 is 0 Å². The lowest BCUT2D eigenvalue weighted by atomic mass is 9.88. The summed E-state index contributed by atoms with van der Waals surface area (Å²) in [4.78, 5) is 20.7. The van der Waals surface area contributed by atoms with Crippen molar-refractivity contribution in [2.24, 2.45) is 5.92 Å². The van der Waals surface area contributed by atoms with Crippen LogP contribution in [0.2, 0.25) is 0 Å². The maximum Gasteiger partial charge on any atom is 0.291 e. The maximum absolute atomic E-state index is 12.2. The van der Waals surface area contributed by atoms with Gasteiger partial charge in [0.2, 0.25) is 5.82 Å². The lowest BCUT2D eigenvalue weighted by molar-refractivity contribution is -0.00296. The zero-order chi connectivity index (χ0) is 17.1. The van der Waals surface area contributed by atoms with Crippen molar-refractivity contribution >= 4 is 11.7 Å². The van der Waals surface area contributed by atoms with Crippen molar-refractivity contribution in [2.45, 2.75) is 52.6 Å². The molecule has 130 valence electrons. The summed E-state index contributed by atoms with van der Waals surface area (Å²) in [7, 11) is 0. The van der Waals surface area contributed by atoms with Crippen LogP contribution in [0.1, 0.15) is 54.6 Å². The summed E-state index contributed by atoms with van der Waals surface area (Å²) in [5.74, 6) is 0.900. The molecule has 2 heterocycles. The normalized spacial score (nSPS) is 21.1. The molecular formula is C17H25N5O2. The molecule has 0 radical (unpaired) electrons. The molecule has 2 aromatic heterocycles. The van der Waals surface area contributed by atoms with E-state index in [-0.39, 0.29) is 11.7 Å². The van der Waals surface area contributed by atoms with Crippen LogP contribution >= 0.6 is 0 Å². The molecule has 7 heteroatoms. The summed E-state index contributed by atoms with van der Waals surface area (Å²) in [5.41, 5.74) is 1.76. The maximum atomic E-state index is 12.2. The molecule has 0 aliphatic heterocycles. The van der Waals surface area contributed by atoms with Gasteiger partial charge in [-0.3, -0.25) is 4.79 Å². The molecule has 1 N–H and O–H groups in total. The molecule has 0 spiro atoms. The van der Waals surface area contributed by atoms with E-state index in [4.69, 9.17) is 4.74 Å². The van der Waals surface area contributed by atoms with E-state index in [0.29, 0.717) is 31.0 Å². The number of nitrogens with one attached hydrogen (secondary N) is 1. The zero-order valence-electron chi connectivity index (χ0n) is 14.6. The highest BCUT2D eigenvalue weighted by molar-refractivity contribution is 5.90. The van der Waals surface area contributed by atoms with Crippen LogP contribution in [0.25, 0.3) is 5.78 Å². The minimum atomic E-state index is -0.294. The molecule has 1 saturated carbocycles. The Morgan fingerprint density at radius 2 is 2.12 bits per heavy atom. The SMILES string of the molecule is Cc1cc(C)n2nc(C(=O)NCCO[C@@H]3CCCC[C@@H]3C)nc2n1. The smallest absolute Gasteiger partial charge is 0.291 e. The molecule has 0 aromatic carbocycles. The highest BCUT2D eigenvalue weighted by Gasteiger charge is 2.21. The number of hydrogen-bond donors (Lipinski definition) is 1. The van der Waals surface area contributed by atoms with Crippen LogP contribution in [0.4, 0.5) is 0 Å². The molecular weight excluding hydrogens is 306 g/mol. The molecule has 0 saturated heterocycles. The molecule has 0 unspecified atom stereocenters. The fraction of sp³-hybridized carbons (Fsp3) is 0.647. The lowest BCUT2D eigenvalue weighted by Gasteiger charge is -2.28. The predicted octanol–water partition coefficient (Wildman–Crippen LogP) is 2.07. The Bertz CT molecular complexity index is 727. The van der Waals surface area contributed by atoms with Crippen molar-refractivity contribution in [1.29, 1.82) is 0 Å². The second-order valence-corrected chi connectivity index (χ2v) is 6.61. The molecule has 1 fully saturated rings. The summed E-state index contributed by atoms with van der Waals surface area (Å²) in [6, 6.07) is 1.91. The minimum absolute atomic E-state index is 0.141. The van der Waals surface area contributed by atoms with Crippen molar-refractivity contribution in [3.63, 3.8) is 0 Å². The number of rotatable bonds is 5. The van der Waals surface area contributed by atoms with Gasteiger partial charge < -0.3 is 10.1 Å². The van der Waals surface area contributed by atoms with Gasteiger partial charge in [-0.1, -0.05) is 19.8 Å². The number of fused-ring (bicyclic) bond motifs is 1. The van der Waals surface area contributed by atoms with E-state index < -0.39 is 0 Å². The fourth-order valence-electron chi connectivity index (χ4n) is 3.25. The number of amides is 1. The van der Waals surface area contributed by atoms with Crippen LogP contribution in [-0.4, -0.2) is 44.7 Å². The van der Waals surface area contributed by atoms with Gasteiger partial charge in [-0.05, 0) is 38.7 Å². The van der Waals surface area contributed by atoms with E-state index in [1.54, 1.807) is 4.52 Å². The Morgan fingerprint density at radius 1 is 1.33 bits per heavy atom. The van der Waals surface area contributed by atoms with E-state index >= 15 is 0 Å². The van der Waals surface area contributed by atoms with Crippen LogP contribution in [0.15, 0.2) is 6.07 Å². The molecule has 0 bridgehead atoms. The molecule has 7 nitrogen and oxygen atoms in total. The Hall–Kier alpha value is -2.02. The van der Waals surface area contributed by atoms with Gasteiger partial charge in [-0.15, -0.1) is 5.10 Å². The highest BCUT2D eigenvalue weighted by Crippen LogP contribution is 2.25. The standard InChI is InChI=1S/C17H25N5O2/c1-11-6-4-5-7-14(11)24-9-8-18-16(23)15-20-17-19-12(2)10-13(3)22(17)21-15/h10-11,14H,4-9H2,1-3H3,(H,18,23)/t11-,14+/m0/s1. The summed E-state index contributed by atoms with van der Waals surface area (Å²) < 4.78 is 7.49. The summed E-state index contributed by atoms with van der Waals surface area (Å²) in [6.07, 6.45) is 5.20. The second kappa shape index (κ2) is 7.25. The third-order valence-electron chi connectivity index (χ3n) is 4.57. The Balaban J connectivity index is 1.53. The molecule has 24 heavy (non-hydrogen) atoms. The molecule has 2 aromatic rings. The fourth-order valence-corrected chi connectivity index (χ4v) is 3.25. The van der Waals surface area contributed by atoms with Crippen LogP contribution in [0.3, 0.4) is 0 Å². The third kappa shape index (κ3) is 3.72. The summed E-state index contributed by atoms with van der Waals surface area (Å²) in [6.45, 7) is 7.02. The number of hydrogen-bond acceptors (Lipinski definition) is 5. The summed E-state index contributed by atoms with van der Waals surface area (Å²) >= 11 is 0. The number of aromatic nitrogens is 4. The summed E-state index contributed by atoms with van der Waals surface area (Å²) in [5, 5.41) is 7.04. The average molecular weight is 331 g/mol. The Labute approximate surface area is 141 Å². The number of aryl methyl sites for hydroxylation is 2. The topological polar surface area (TPSA) is 81.4 Å². The van der Waals surface area contributed by atoms with Gasteiger partial charge in [0.15, 0.2) is 0 Å². The Kier molecular flexibility index (Phi) is 5.08. The van der Waals surface area contributed by atoms with Gasteiger partial charge in [0.25, 0.3) is 11.7 Å². The largest absolute Gasteiger partial charge is 0.376 e.